The van der Waals surface area contributed by atoms with E-state index in [0.717, 1.165) is 0 Å². The van der Waals surface area contributed by atoms with Crippen LogP contribution in [-0.2, 0) is 9.53 Å². The Balaban J connectivity index is 2.13. The van der Waals surface area contributed by atoms with E-state index in [1.54, 1.807) is 12.1 Å². The number of esters is 1. The summed E-state index contributed by atoms with van der Waals surface area (Å²) >= 11 is 0. The molecule has 3 nitrogen and oxygen atoms in total. The van der Waals surface area contributed by atoms with Crippen LogP contribution < -0.4 is 4.74 Å². The van der Waals surface area contributed by atoms with E-state index in [9.17, 15) is 9.18 Å². The molecule has 0 bridgehead atoms. The van der Waals surface area contributed by atoms with Crippen LogP contribution in [0.4, 0.5) is 4.39 Å². The molecule has 0 saturated carbocycles. The first-order valence-electron chi connectivity index (χ1n) is 5.66. The fourth-order valence-corrected chi connectivity index (χ4v) is 2.71. The minimum absolute atomic E-state index is 0.234. The fraction of sp³-hybridized carbons (Fsp3) is 0.462. The predicted octanol–water partition coefficient (Wildman–Crippen LogP) is 2.40. The molecule has 17 heavy (non-hydrogen) atoms. The second-order valence-electron chi connectivity index (χ2n) is 5.18. The highest BCUT2D eigenvalue weighted by atomic mass is 19.1. The molecular formula is C13H13FO3. The lowest BCUT2D eigenvalue weighted by molar-refractivity contribution is -0.152. The molecule has 0 aliphatic carbocycles. The third-order valence-corrected chi connectivity index (χ3v) is 3.35. The Morgan fingerprint density at radius 1 is 1.41 bits per heavy atom. The molecule has 0 aromatic heterocycles. The first-order valence-corrected chi connectivity index (χ1v) is 5.66. The predicted molar refractivity (Wildman–Crippen MR) is 58.3 cm³/mol. The van der Waals surface area contributed by atoms with Crippen molar-refractivity contribution in [2.24, 2.45) is 0 Å². The maximum Gasteiger partial charge on any atom is 0.341 e. The lowest BCUT2D eigenvalue weighted by Gasteiger charge is -2.25. The monoisotopic (exact) mass is 236 g/mol. The van der Waals surface area contributed by atoms with Gasteiger partial charge in [-0.25, -0.2) is 9.18 Å². The first-order chi connectivity index (χ1) is 7.98. The van der Waals surface area contributed by atoms with Gasteiger partial charge in [-0.05, 0) is 32.4 Å². The highest BCUT2D eigenvalue weighted by molar-refractivity contribution is 5.82. The summed E-state index contributed by atoms with van der Waals surface area (Å²) in [5.41, 5.74) is 0.0563. The third-order valence-electron chi connectivity index (χ3n) is 3.35. The molecule has 2 aliphatic heterocycles. The topological polar surface area (TPSA) is 35.5 Å². The average molecular weight is 236 g/mol. The average Bonchev–Trinajstić information content (AvgIpc) is 2.54. The first kappa shape index (κ1) is 10.7. The van der Waals surface area contributed by atoms with Crippen LogP contribution in [0.15, 0.2) is 18.2 Å². The number of ether oxygens (including phenoxy) is 2. The third kappa shape index (κ3) is 1.55. The summed E-state index contributed by atoms with van der Waals surface area (Å²) in [6, 6.07) is 4.56. The zero-order chi connectivity index (χ0) is 12.2. The quantitative estimate of drug-likeness (QED) is 0.512. The van der Waals surface area contributed by atoms with Crippen LogP contribution in [0.2, 0.25) is 0 Å². The van der Waals surface area contributed by atoms with Gasteiger partial charge in [-0.1, -0.05) is 6.07 Å². The Kier molecular flexibility index (Phi) is 2.08. The maximum atomic E-state index is 13.8. The summed E-state index contributed by atoms with van der Waals surface area (Å²) in [6.45, 7) is 3.80. The van der Waals surface area contributed by atoms with Gasteiger partial charge in [0.2, 0.25) is 0 Å². The number of rotatable bonds is 0. The van der Waals surface area contributed by atoms with Crippen molar-refractivity contribution in [3.05, 3.63) is 29.6 Å². The smallest absolute Gasteiger partial charge is 0.341 e. The van der Waals surface area contributed by atoms with E-state index < -0.39 is 17.7 Å². The van der Waals surface area contributed by atoms with Crippen LogP contribution in [0.25, 0.3) is 0 Å². The number of hydrogen-bond donors (Lipinski definition) is 0. The number of halogens is 1. The fourth-order valence-electron chi connectivity index (χ4n) is 2.71. The lowest BCUT2D eigenvalue weighted by atomic mass is 9.85. The second kappa shape index (κ2) is 3.29. The van der Waals surface area contributed by atoms with Crippen LogP contribution in [0.3, 0.4) is 0 Å². The molecule has 4 heteroatoms. The van der Waals surface area contributed by atoms with E-state index in [1.165, 1.54) is 6.07 Å². The maximum absolute atomic E-state index is 13.8. The zero-order valence-electron chi connectivity index (χ0n) is 9.70. The summed E-state index contributed by atoms with van der Waals surface area (Å²) in [4.78, 5) is 11.8. The molecule has 2 heterocycles. The molecule has 0 amide bonds. The van der Waals surface area contributed by atoms with E-state index in [4.69, 9.17) is 9.47 Å². The molecule has 1 saturated heterocycles. The minimum Gasteiger partial charge on any atom is -0.424 e. The van der Waals surface area contributed by atoms with E-state index in [0.29, 0.717) is 17.7 Å². The second-order valence-corrected chi connectivity index (χ2v) is 5.18. The molecule has 1 aromatic rings. The largest absolute Gasteiger partial charge is 0.424 e. The van der Waals surface area contributed by atoms with Gasteiger partial charge in [0.25, 0.3) is 0 Å². The van der Waals surface area contributed by atoms with Gasteiger partial charge in [0.1, 0.15) is 11.6 Å². The molecule has 2 atom stereocenters. The Labute approximate surface area is 98.5 Å². The van der Waals surface area contributed by atoms with Gasteiger partial charge in [0.15, 0.2) is 6.10 Å². The van der Waals surface area contributed by atoms with Crippen molar-refractivity contribution in [2.45, 2.75) is 37.9 Å². The highest BCUT2D eigenvalue weighted by Crippen LogP contribution is 2.47. The van der Waals surface area contributed by atoms with Crippen LogP contribution in [0.1, 0.15) is 31.7 Å². The van der Waals surface area contributed by atoms with Gasteiger partial charge < -0.3 is 9.47 Å². The number of benzene rings is 1. The summed E-state index contributed by atoms with van der Waals surface area (Å²) in [5, 5.41) is 0. The normalized spacial score (nSPS) is 29.5. The summed E-state index contributed by atoms with van der Waals surface area (Å²) < 4.78 is 24.6. The van der Waals surface area contributed by atoms with Crippen molar-refractivity contribution in [3.63, 3.8) is 0 Å². The van der Waals surface area contributed by atoms with Crippen LogP contribution in [-0.4, -0.2) is 17.7 Å². The molecule has 3 rings (SSSR count). The van der Waals surface area contributed by atoms with Gasteiger partial charge in [-0.2, -0.15) is 0 Å². The number of hydrogen-bond acceptors (Lipinski definition) is 3. The Bertz CT molecular complexity index is 495. The molecule has 2 aliphatic rings. The molecule has 0 N–H and O–H groups in total. The van der Waals surface area contributed by atoms with Gasteiger partial charge in [0.05, 0.1) is 5.60 Å². The Hall–Kier alpha value is -1.42. The van der Waals surface area contributed by atoms with Crippen molar-refractivity contribution in [1.82, 2.24) is 0 Å². The van der Waals surface area contributed by atoms with Gasteiger partial charge >= 0.3 is 5.97 Å². The molecule has 90 valence electrons. The van der Waals surface area contributed by atoms with Crippen molar-refractivity contribution < 1.29 is 18.7 Å². The molecule has 1 aromatic carbocycles. The number of carbonyl (C=O) groups is 1. The van der Waals surface area contributed by atoms with Crippen LogP contribution >= 0.6 is 0 Å². The van der Waals surface area contributed by atoms with Crippen LogP contribution in [0, 0.1) is 5.82 Å². The summed E-state index contributed by atoms with van der Waals surface area (Å²) in [6.07, 6.45) is -0.0462. The molecular weight excluding hydrogens is 223 g/mol. The highest BCUT2D eigenvalue weighted by Gasteiger charge is 2.50. The number of carbonyl (C=O) groups excluding carboxylic acids is 1. The Morgan fingerprint density at radius 2 is 2.18 bits per heavy atom. The van der Waals surface area contributed by atoms with Crippen molar-refractivity contribution in [3.8, 4) is 5.75 Å². The van der Waals surface area contributed by atoms with Gasteiger partial charge in [0, 0.05) is 11.5 Å². The zero-order valence-corrected chi connectivity index (χ0v) is 9.70. The molecule has 0 radical (unpaired) electrons. The van der Waals surface area contributed by atoms with Crippen molar-refractivity contribution in [2.75, 3.05) is 0 Å². The molecule has 1 fully saturated rings. The van der Waals surface area contributed by atoms with E-state index in [2.05, 4.69) is 0 Å². The van der Waals surface area contributed by atoms with Gasteiger partial charge in [-0.3, -0.25) is 0 Å². The standard InChI is InChI=1S/C13H13FO3/c1-13(2)6-7-10-8(14)4-3-5-9(10)16-12(15)11(7)17-13/h3-5,7,11H,6H2,1-2H3/t7-,11?/m0/s1. The molecule has 0 spiro atoms. The summed E-state index contributed by atoms with van der Waals surface area (Å²) in [5.74, 6) is -0.648. The van der Waals surface area contributed by atoms with Crippen LogP contribution in [0.5, 0.6) is 5.75 Å². The van der Waals surface area contributed by atoms with Crippen molar-refractivity contribution in [1.29, 1.82) is 0 Å². The Morgan fingerprint density at radius 3 is 2.94 bits per heavy atom. The lowest BCUT2D eigenvalue weighted by Crippen LogP contribution is -2.35. The SMILES string of the molecule is CC1(C)C[C@H]2c3c(F)cccc3OC(=O)C2O1. The van der Waals surface area contributed by atoms with Crippen molar-refractivity contribution >= 4 is 5.97 Å². The summed E-state index contributed by atoms with van der Waals surface area (Å²) in [7, 11) is 0. The van der Waals surface area contributed by atoms with Gasteiger partial charge in [-0.15, -0.1) is 0 Å². The molecule has 1 unspecified atom stereocenters. The van der Waals surface area contributed by atoms with E-state index in [-0.39, 0.29) is 11.7 Å². The van der Waals surface area contributed by atoms with E-state index >= 15 is 0 Å². The minimum atomic E-state index is -0.672. The number of fused-ring (bicyclic) bond motifs is 3. The van der Waals surface area contributed by atoms with E-state index in [1.807, 2.05) is 13.8 Å².